The Labute approximate surface area is 560 Å². The van der Waals surface area contributed by atoms with Crippen LogP contribution in [0.4, 0.5) is 0 Å². The first-order valence-corrected chi connectivity index (χ1v) is 37.3. The third-order valence-corrected chi connectivity index (χ3v) is 21.0. The number of terminal acetylenes is 1. The molecule has 0 aromatic heterocycles. The van der Waals surface area contributed by atoms with Gasteiger partial charge in [-0.3, -0.25) is 4.90 Å². The molecular weight excluding hydrogens is 1120 g/mol. The maximum atomic E-state index is 8.99. The van der Waals surface area contributed by atoms with Crippen molar-refractivity contribution in [3.63, 3.8) is 0 Å². The van der Waals surface area contributed by atoms with Crippen molar-refractivity contribution in [2.45, 2.75) is 225 Å². The van der Waals surface area contributed by atoms with E-state index in [1.807, 2.05) is 21.0 Å². The molecule has 5 saturated carbocycles. The van der Waals surface area contributed by atoms with E-state index >= 15 is 0 Å². The average molecular weight is 1270 g/mol. The molecule has 90 heavy (non-hydrogen) atoms. The van der Waals surface area contributed by atoms with Crippen molar-refractivity contribution in [1.82, 2.24) is 49.0 Å². The molecule has 0 aromatic rings. The third-order valence-electron chi connectivity index (χ3n) is 21.0. The number of nitrogens with zero attached hydrogens (tertiary/aromatic N) is 10. The van der Waals surface area contributed by atoms with E-state index in [2.05, 4.69) is 139 Å². The summed E-state index contributed by atoms with van der Waals surface area (Å²) in [6.45, 7) is 26.9. The van der Waals surface area contributed by atoms with E-state index in [1.165, 1.54) is 220 Å². The Bertz CT molecular complexity index is 1780. The highest BCUT2D eigenvalue weighted by Crippen LogP contribution is 2.57. The first-order chi connectivity index (χ1) is 43.4. The molecule has 0 amide bonds. The van der Waals surface area contributed by atoms with Gasteiger partial charge in [-0.05, 0) is 313 Å². The lowest BCUT2D eigenvalue weighted by Crippen LogP contribution is -2.57. The van der Waals surface area contributed by atoms with Gasteiger partial charge in [-0.1, -0.05) is 64.2 Å². The van der Waals surface area contributed by atoms with Crippen molar-refractivity contribution in [2.24, 2.45) is 29.6 Å². The predicted octanol–water partition coefficient (Wildman–Crippen LogP) is 11.7. The highest BCUT2D eigenvalue weighted by molar-refractivity contribution is 5.07. The van der Waals surface area contributed by atoms with Gasteiger partial charge in [0.15, 0.2) is 0 Å². The summed E-state index contributed by atoms with van der Waals surface area (Å²) in [7, 11) is 21.1. The number of β-amino-alcohol motifs (C(OH)–C–C–N with tert-alkyl or cyclic N) is 1. The second-order valence-electron chi connectivity index (χ2n) is 29.7. The maximum absolute atomic E-state index is 8.99. The SMILES string of the molecule is C#COC(OCC)N(C)C.C1=C(N2CCCC2)CCCC1.CCN1CCC(O)C1.CCN1CCCCC1.CN(C)C12CC3CC(CC(C3)C1)C2.CN(C)CC1CCCCC1.CN1CC=CCC1.CN1CCCC(CO)C1.CN1CCCC1.CN1CCCC1CO.[HH].[HH]. The molecule has 3 N–H and O–H groups in total. The van der Waals surface area contributed by atoms with E-state index in [0.29, 0.717) is 37.3 Å². The monoisotopic (exact) mass is 1270 g/mol. The van der Waals surface area contributed by atoms with Crippen LogP contribution < -0.4 is 0 Å². The fourth-order valence-electron chi connectivity index (χ4n) is 15.7. The van der Waals surface area contributed by atoms with Crippen LogP contribution in [0.1, 0.15) is 203 Å². The second kappa shape index (κ2) is 49.6. The quantitative estimate of drug-likeness (QED) is 0.0979. The highest BCUT2D eigenvalue weighted by atomic mass is 16.7. The van der Waals surface area contributed by atoms with Gasteiger partial charge < -0.3 is 68.9 Å². The molecule has 4 atom stereocenters. The number of aliphatic hydroxyl groups is 3. The maximum Gasteiger partial charge on any atom is 0.272 e. The summed E-state index contributed by atoms with van der Waals surface area (Å²) in [6, 6.07) is 0.454. The van der Waals surface area contributed by atoms with Gasteiger partial charge in [0.1, 0.15) is 6.11 Å². The first-order valence-electron chi connectivity index (χ1n) is 37.3. The van der Waals surface area contributed by atoms with E-state index in [-0.39, 0.29) is 8.96 Å². The van der Waals surface area contributed by atoms with E-state index in [4.69, 9.17) is 31.2 Å². The van der Waals surface area contributed by atoms with Crippen LogP contribution in [0.2, 0.25) is 0 Å². The van der Waals surface area contributed by atoms with Gasteiger partial charge >= 0.3 is 0 Å². The summed E-state index contributed by atoms with van der Waals surface area (Å²) in [4.78, 5) is 23.1. The summed E-state index contributed by atoms with van der Waals surface area (Å²) in [5, 5.41) is 26.5. The normalized spacial score (nSPS) is 28.9. The number of likely N-dealkylation sites (N-methyl/N-ethyl adjacent to an activating group) is 3. The summed E-state index contributed by atoms with van der Waals surface area (Å²) < 4.78 is 9.88. The number of rotatable bonds is 12. The molecular formula is C75H152N10O5. The molecule has 4 unspecified atom stereocenters. The molecule has 13 aliphatic rings. The van der Waals surface area contributed by atoms with Gasteiger partial charge in [-0.15, -0.1) is 0 Å². The van der Waals surface area contributed by atoms with Crippen molar-refractivity contribution >= 4 is 0 Å². The molecule has 532 valence electrons. The topological polar surface area (TPSA) is 112 Å². The summed E-state index contributed by atoms with van der Waals surface area (Å²) in [6.07, 6.45) is 52.5. The number of hydrogen-bond acceptors (Lipinski definition) is 15. The molecule has 13 rings (SSSR count). The lowest BCUT2D eigenvalue weighted by Gasteiger charge is -2.59. The molecule has 7 aliphatic heterocycles. The smallest absolute Gasteiger partial charge is 0.272 e. The van der Waals surface area contributed by atoms with Crippen LogP contribution in [0.5, 0.6) is 0 Å². The molecule has 6 aliphatic carbocycles. The molecule has 7 heterocycles. The number of ether oxygens (including phenoxy) is 2. The van der Waals surface area contributed by atoms with Gasteiger partial charge in [-0.25, -0.2) is 0 Å². The van der Waals surface area contributed by atoms with Crippen molar-refractivity contribution in [1.29, 1.82) is 0 Å². The summed E-state index contributed by atoms with van der Waals surface area (Å²) in [5.74, 6) is 4.82. The zero-order valence-corrected chi connectivity index (χ0v) is 61.3. The fraction of sp³-hybridized carbons (Fsp3) is 0.920. The lowest BCUT2D eigenvalue weighted by molar-refractivity contribution is -0.171. The van der Waals surface area contributed by atoms with Crippen molar-refractivity contribution in [3.8, 4) is 12.5 Å². The zero-order valence-electron chi connectivity index (χ0n) is 61.3. The largest absolute Gasteiger partial charge is 0.401 e. The highest BCUT2D eigenvalue weighted by Gasteiger charge is 2.51. The Balaban J connectivity index is 0.000000513. The Morgan fingerprint density at radius 1 is 0.589 bits per heavy atom. The van der Waals surface area contributed by atoms with E-state index in [9.17, 15) is 0 Å². The fourth-order valence-corrected chi connectivity index (χ4v) is 15.7. The summed E-state index contributed by atoms with van der Waals surface area (Å²) in [5.41, 5.74) is 2.28. The van der Waals surface area contributed by atoms with Gasteiger partial charge in [0.05, 0.1) is 12.7 Å². The van der Waals surface area contributed by atoms with Crippen LogP contribution in [0.3, 0.4) is 0 Å². The van der Waals surface area contributed by atoms with Crippen LogP contribution in [0.15, 0.2) is 23.9 Å². The number of piperidine rings is 2. The summed E-state index contributed by atoms with van der Waals surface area (Å²) >= 11 is 0. The number of likely N-dealkylation sites (tertiary alicyclic amines) is 6. The van der Waals surface area contributed by atoms with Crippen LogP contribution in [0.25, 0.3) is 0 Å². The molecule has 4 bridgehead atoms. The number of aliphatic hydroxyl groups excluding tert-OH is 3. The number of hydrogen-bond donors (Lipinski definition) is 3. The van der Waals surface area contributed by atoms with E-state index in [0.717, 1.165) is 69.4 Å². The van der Waals surface area contributed by atoms with Crippen LogP contribution >= 0.6 is 0 Å². The third kappa shape index (κ3) is 35.7. The lowest BCUT2D eigenvalue weighted by atomic mass is 9.52. The van der Waals surface area contributed by atoms with E-state index < -0.39 is 6.41 Å². The molecule has 6 saturated heterocycles. The van der Waals surface area contributed by atoms with Crippen LogP contribution in [-0.2, 0) is 9.47 Å². The van der Waals surface area contributed by atoms with Gasteiger partial charge in [0, 0.05) is 85.7 Å². The van der Waals surface area contributed by atoms with Crippen LogP contribution in [-0.4, -0.2) is 283 Å². The number of allylic oxidation sites excluding steroid dienone is 2. The standard InChI is InChI=1S/C12H21N.C10H17N.C9H19N.C7H13NO2.C7H15NO.C7H15N.2C6H13NO.C6H11N.C5H11N.2H2/c1-13(2)12-6-9-3-10(7-12)5-11(4-9)8-12;1-2-6-10(7-3-1)11-8-4-5-9-11;1-10(2)8-9-6-4-3-5-7-9;1-5-9-7(8(3)4)10-6-2;1-8-4-2-3-7(5-8)6-9;1-2-8-6-4-3-5-7-8;1-7-4-2-3-6(7)5-8;1-2-7-4-3-6(8)5-7;1-7-5-3-2-4-6-7;1-6-4-2-3-5-6;;/h9-11H,3-8H2,1-2H3;6H,1-5,7-9H2;9H,3-8H2,1-2H3;1,7H,6H2,2-4H3;7,9H,2-6H2,1H3;2-7H2,1H3;2*6,8H,2-5H2,1H3;2-3H,4-6H2,1H3;2-5H2,1H3;2*1H. The molecule has 11 fully saturated rings. The van der Waals surface area contributed by atoms with Crippen molar-refractivity contribution in [3.05, 3.63) is 23.9 Å². The van der Waals surface area contributed by atoms with E-state index in [1.54, 1.807) is 29.9 Å². The Morgan fingerprint density at radius 3 is 1.53 bits per heavy atom. The minimum Gasteiger partial charge on any atom is -0.401 e. The minimum absolute atomic E-state index is 0. The van der Waals surface area contributed by atoms with Crippen molar-refractivity contribution in [2.75, 3.05) is 195 Å². The average Bonchev–Trinajstić information content (AvgIpc) is 1.79. The predicted molar refractivity (Wildman–Crippen MR) is 387 cm³/mol. The molecule has 0 spiro atoms. The molecule has 0 aromatic carbocycles. The molecule has 15 heteroatoms. The minimum atomic E-state index is -0.421. The molecule has 15 nitrogen and oxygen atoms in total. The molecule has 0 radical (unpaired) electrons. The van der Waals surface area contributed by atoms with Gasteiger partial charge in [0.25, 0.3) is 6.41 Å². The zero-order chi connectivity index (χ0) is 65.9. The van der Waals surface area contributed by atoms with Crippen molar-refractivity contribution < 1.29 is 27.6 Å². The second-order valence-corrected chi connectivity index (χ2v) is 29.7. The Morgan fingerprint density at radius 2 is 1.17 bits per heavy atom. The Hall–Kier alpha value is -1.88. The Kier molecular flexibility index (Phi) is 45.4. The van der Waals surface area contributed by atoms with Gasteiger partial charge in [0.2, 0.25) is 0 Å². The first kappa shape index (κ1) is 82.4. The van der Waals surface area contributed by atoms with Gasteiger partial charge in [-0.2, -0.15) is 0 Å². The van der Waals surface area contributed by atoms with Crippen LogP contribution in [0, 0.1) is 42.1 Å².